The lowest BCUT2D eigenvalue weighted by atomic mass is 9.85. The van der Waals surface area contributed by atoms with Gasteiger partial charge in [-0.2, -0.15) is 0 Å². The minimum Gasteiger partial charge on any atom is -0.378 e. The molecule has 1 aliphatic rings. The van der Waals surface area contributed by atoms with Crippen LogP contribution in [0.4, 0.5) is 0 Å². The van der Waals surface area contributed by atoms with E-state index in [1.54, 1.807) is 0 Å². The van der Waals surface area contributed by atoms with E-state index in [4.69, 9.17) is 4.74 Å². The van der Waals surface area contributed by atoms with Crippen LogP contribution in [0.2, 0.25) is 0 Å². The molecule has 0 aromatic carbocycles. The van der Waals surface area contributed by atoms with Gasteiger partial charge in [-0.25, -0.2) is 0 Å². The molecule has 114 valence electrons. The molecule has 0 spiro atoms. The van der Waals surface area contributed by atoms with Gasteiger partial charge in [0, 0.05) is 12.0 Å². The molecule has 0 saturated heterocycles. The minimum atomic E-state index is 0.244. The summed E-state index contributed by atoms with van der Waals surface area (Å²) in [4.78, 5) is 0. The van der Waals surface area contributed by atoms with Crippen molar-refractivity contribution in [2.45, 2.75) is 72.8 Å². The third-order valence-corrected chi connectivity index (χ3v) is 4.18. The van der Waals surface area contributed by atoms with Crippen LogP contribution in [0.25, 0.3) is 0 Å². The highest BCUT2D eigenvalue weighted by Crippen LogP contribution is 2.29. The van der Waals surface area contributed by atoms with E-state index in [-0.39, 0.29) is 5.41 Å². The van der Waals surface area contributed by atoms with E-state index >= 15 is 0 Å². The molecule has 0 heterocycles. The van der Waals surface area contributed by atoms with Gasteiger partial charge >= 0.3 is 0 Å². The monoisotopic (exact) mass is 269 g/mol. The second-order valence-corrected chi connectivity index (χ2v) is 7.56. The summed E-state index contributed by atoms with van der Waals surface area (Å²) in [6.07, 6.45) is 7.16. The van der Waals surface area contributed by atoms with Crippen LogP contribution < -0.4 is 5.32 Å². The van der Waals surface area contributed by atoms with Gasteiger partial charge in [0.05, 0.1) is 12.7 Å². The molecule has 1 aliphatic carbocycles. The molecule has 1 saturated carbocycles. The van der Waals surface area contributed by atoms with E-state index in [0.717, 1.165) is 31.5 Å². The molecule has 0 aliphatic heterocycles. The van der Waals surface area contributed by atoms with Gasteiger partial charge in [-0.1, -0.05) is 53.9 Å². The Kier molecular flexibility index (Phi) is 7.38. The summed E-state index contributed by atoms with van der Waals surface area (Å²) in [5, 5.41) is 3.55. The fraction of sp³-hybridized carbons (Fsp3) is 1.00. The zero-order chi connectivity index (χ0) is 14.3. The standard InChI is InChI=1S/C17H35NO/c1-6-15-8-7-9-16(10-15)19-13-17(4,5)12-18-11-14(2)3/h14-16,18H,6-13H2,1-5H3. The van der Waals surface area contributed by atoms with E-state index in [2.05, 4.69) is 39.9 Å². The molecule has 1 rings (SSSR count). The van der Waals surface area contributed by atoms with E-state index in [1.165, 1.54) is 32.1 Å². The summed E-state index contributed by atoms with van der Waals surface area (Å²) in [6, 6.07) is 0. The van der Waals surface area contributed by atoms with Crippen LogP contribution in [0, 0.1) is 17.3 Å². The third kappa shape index (κ3) is 7.31. The molecule has 1 fully saturated rings. The first kappa shape index (κ1) is 17.0. The van der Waals surface area contributed by atoms with Gasteiger partial charge in [0.25, 0.3) is 0 Å². The highest BCUT2D eigenvalue weighted by molar-refractivity contribution is 4.76. The molecule has 0 aromatic rings. The van der Waals surface area contributed by atoms with Crippen LogP contribution in [-0.4, -0.2) is 25.8 Å². The number of hydrogen-bond acceptors (Lipinski definition) is 2. The third-order valence-electron chi connectivity index (χ3n) is 4.18. The van der Waals surface area contributed by atoms with Crippen molar-refractivity contribution in [2.75, 3.05) is 19.7 Å². The Morgan fingerprint density at radius 2 is 2.00 bits per heavy atom. The Morgan fingerprint density at radius 3 is 2.63 bits per heavy atom. The van der Waals surface area contributed by atoms with E-state index < -0.39 is 0 Å². The number of hydrogen-bond donors (Lipinski definition) is 1. The first-order chi connectivity index (χ1) is 8.93. The lowest BCUT2D eigenvalue weighted by Gasteiger charge is -2.32. The number of rotatable bonds is 8. The average Bonchev–Trinajstić information content (AvgIpc) is 2.36. The summed E-state index contributed by atoms with van der Waals surface area (Å²) in [5.74, 6) is 1.63. The topological polar surface area (TPSA) is 21.3 Å². The van der Waals surface area contributed by atoms with Crippen molar-refractivity contribution in [3.8, 4) is 0 Å². The van der Waals surface area contributed by atoms with Gasteiger partial charge in [-0.15, -0.1) is 0 Å². The molecule has 2 nitrogen and oxygen atoms in total. The van der Waals surface area contributed by atoms with E-state index in [0.29, 0.717) is 6.10 Å². The lowest BCUT2D eigenvalue weighted by Crippen LogP contribution is -2.36. The molecule has 0 amide bonds. The van der Waals surface area contributed by atoms with Crippen LogP contribution in [0.5, 0.6) is 0 Å². The fourth-order valence-corrected chi connectivity index (χ4v) is 2.86. The molecule has 2 atom stereocenters. The van der Waals surface area contributed by atoms with Crippen LogP contribution in [0.15, 0.2) is 0 Å². The lowest BCUT2D eigenvalue weighted by molar-refractivity contribution is -0.0256. The molecular weight excluding hydrogens is 234 g/mol. The van der Waals surface area contributed by atoms with Crippen molar-refractivity contribution in [3.63, 3.8) is 0 Å². The van der Waals surface area contributed by atoms with Crippen molar-refractivity contribution in [2.24, 2.45) is 17.3 Å². The van der Waals surface area contributed by atoms with Crippen LogP contribution in [0.3, 0.4) is 0 Å². The van der Waals surface area contributed by atoms with Crippen LogP contribution in [0.1, 0.15) is 66.7 Å². The Balaban J connectivity index is 2.22. The predicted octanol–water partition coefficient (Wildman–Crippen LogP) is 4.24. The normalized spacial score (nSPS) is 24.9. The first-order valence-electron chi connectivity index (χ1n) is 8.25. The van der Waals surface area contributed by atoms with Crippen LogP contribution >= 0.6 is 0 Å². The highest BCUT2D eigenvalue weighted by atomic mass is 16.5. The maximum Gasteiger partial charge on any atom is 0.0578 e. The van der Waals surface area contributed by atoms with E-state index in [1.807, 2.05) is 0 Å². The Bertz CT molecular complexity index is 237. The van der Waals surface area contributed by atoms with Gasteiger partial charge in [-0.3, -0.25) is 0 Å². The van der Waals surface area contributed by atoms with Gasteiger partial charge in [0.2, 0.25) is 0 Å². The van der Waals surface area contributed by atoms with Gasteiger partial charge < -0.3 is 10.1 Å². The van der Waals surface area contributed by atoms with Crippen molar-refractivity contribution >= 4 is 0 Å². The molecule has 0 radical (unpaired) electrons. The minimum absolute atomic E-state index is 0.244. The highest BCUT2D eigenvalue weighted by Gasteiger charge is 2.24. The van der Waals surface area contributed by atoms with Crippen molar-refractivity contribution in [1.29, 1.82) is 0 Å². The maximum absolute atomic E-state index is 6.20. The summed E-state index contributed by atoms with van der Waals surface area (Å²) in [5.41, 5.74) is 0.244. The SMILES string of the molecule is CCC1CCCC(OCC(C)(C)CNCC(C)C)C1. The number of ether oxygens (including phenoxy) is 1. The second-order valence-electron chi connectivity index (χ2n) is 7.56. The largest absolute Gasteiger partial charge is 0.378 e. The molecule has 1 N–H and O–H groups in total. The van der Waals surface area contributed by atoms with Crippen molar-refractivity contribution in [1.82, 2.24) is 5.32 Å². The molecule has 2 heteroatoms. The smallest absolute Gasteiger partial charge is 0.0578 e. The molecule has 19 heavy (non-hydrogen) atoms. The van der Waals surface area contributed by atoms with Gasteiger partial charge in [-0.05, 0) is 31.2 Å². The van der Waals surface area contributed by atoms with Gasteiger partial charge in [0.15, 0.2) is 0 Å². The molecule has 0 aromatic heterocycles. The Morgan fingerprint density at radius 1 is 1.26 bits per heavy atom. The quantitative estimate of drug-likeness (QED) is 0.711. The molecule has 2 unspecified atom stereocenters. The average molecular weight is 269 g/mol. The Hall–Kier alpha value is -0.0800. The predicted molar refractivity (Wildman–Crippen MR) is 83.5 cm³/mol. The zero-order valence-corrected chi connectivity index (χ0v) is 13.8. The van der Waals surface area contributed by atoms with Crippen LogP contribution in [-0.2, 0) is 4.74 Å². The number of nitrogens with one attached hydrogen (secondary N) is 1. The summed E-state index contributed by atoms with van der Waals surface area (Å²) < 4.78 is 6.20. The molecule has 0 bridgehead atoms. The first-order valence-corrected chi connectivity index (χ1v) is 8.25. The van der Waals surface area contributed by atoms with Gasteiger partial charge in [0.1, 0.15) is 0 Å². The van der Waals surface area contributed by atoms with Crippen molar-refractivity contribution in [3.05, 3.63) is 0 Å². The van der Waals surface area contributed by atoms with E-state index in [9.17, 15) is 0 Å². The second kappa shape index (κ2) is 8.26. The fourth-order valence-electron chi connectivity index (χ4n) is 2.86. The maximum atomic E-state index is 6.20. The summed E-state index contributed by atoms with van der Waals surface area (Å²) >= 11 is 0. The summed E-state index contributed by atoms with van der Waals surface area (Å²) in [6.45, 7) is 14.5. The Labute approximate surface area is 120 Å². The summed E-state index contributed by atoms with van der Waals surface area (Å²) in [7, 11) is 0. The molecular formula is C17H35NO. The zero-order valence-electron chi connectivity index (χ0n) is 13.8. The van der Waals surface area contributed by atoms with Crippen molar-refractivity contribution < 1.29 is 4.74 Å².